The summed E-state index contributed by atoms with van der Waals surface area (Å²) in [6, 6.07) is 2.20. The van der Waals surface area contributed by atoms with Crippen LogP contribution < -0.4 is 10.0 Å². The Bertz CT molecular complexity index is 867. The number of hydrogen-bond acceptors (Lipinski definition) is 7. The predicted molar refractivity (Wildman–Crippen MR) is 119 cm³/mol. The van der Waals surface area contributed by atoms with Gasteiger partial charge in [0.1, 0.15) is 17.0 Å². The van der Waals surface area contributed by atoms with Gasteiger partial charge in [-0.1, -0.05) is 56.5 Å². The van der Waals surface area contributed by atoms with Crippen molar-refractivity contribution < 1.29 is 17.9 Å². The van der Waals surface area contributed by atoms with Gasteiger partial charge in [0.25, 0.3) is 10.0 Å². The first-order valence-corrected chi connectivity index (χ1v) is 12.7. The van der Waals surface area contributed by atoms with E-state index in [0.717, 1.165) is 55.8 Å². The molecule has 0 aliphatic rings. The lowest BCUT2D eigenvalue weighted by atomic mass is 10.1. The molecule has 0 fully saturated rings. The first-order valence-electron chi connectivity index (χ1n) is 10.1. The minimum Gasteiger partial charge on any atom is -0.396 e. The zero-order valence-electron chi connectivity index (χ0n) is 16.7. The van der Waals surface area contributed by atoms with E-state index in [9.17, 15) is 12.8 Å². The lowest BCUT2D eigenvalue weighted by Gasteiger charge is -2.12. The van der Waals surface area contributed by atoms with Gasteiger partial charge >= 0.3 is 0 Å². The van der Waals surface area contributed by atoms with E-state index < -0.39 is 20.7 Å². The molecule has 1 aromatic carbocycles. The van der Waals surface area contributed by atoms with Crippen LogP contribution in [0, 0.1) is 5.82 Å². The molecular formula is C19H28ClFN4O3S2. The average Bonchev–Trinajstić information content (AvgIpc) is 3.20. The number of hydrogen-bond donors (Lipinski definition) is 3. The third-order valence-electron chi connectivity index (χ3n) is 4.54. The summed E-state index contributed by atoms with van der Waals surface area (Å²) in [6.45, 7) is 0.908. The van der Waals surface area contributed by atoms with Gasteiger partial charge < -0.3 is 10.4 Å². The molecule has 0 saturated carbocycles. The highest BCUT2D eigenvalue weighted by Crippen LogP contribution is 2.29. The second-order valence-corrected chi connectivity index (χ2v) is 9.78. The van der Waals surface area contributed by atoms with E-state index in [1.165, 1.54) is 32.0 Å². The number of unbranched alkanes of at least 4 members (excludes halogenated alkanes) is 8. The third kappa shape index (κ3) is 8.33. The van der Waals surface area contributed by atoms with Crippen molar-refractivity contribution in [1.29, 1.82) is 0 Å². The van der Waals surface area contributed by atoms with Gasteiger partial charge in [-0.2, -0.15) is 4.37 Å². The normalized spacial score (nSPS) is 11.6. The quantitative estimate of drug-likeness (QED) is 0.309. The van der Waals surface area contributed by atoms with E-state index in [2.05, 4.69) is 19.4 Å². The molecule has 11 heteroatoms. The SMILES string of the molecule is O=S(=O)(Nc1ncns1)c1cc(Cl)c(NCCCCCCCCCCCO)cc1F. The van der Waals surface area contributed by atoms with Crippen LogP contribution in [-0.2, 0) is 10.0 Å². The summed E-state index contributed by atoms with van der Waals surface area (Å²) in [5.41, 5.74) is 0.368. The van der Waals surface area contributed by atoms with Crippen molar-refractivity contribution in [2.45, 2.75) is 62.7 Å². The molecule has 0 unspecified atom stereocenters. The molecular weight excluding hydrogens is 451 g/mol. The molecule has 0 atom stereocenters. The van der Waals surface area contributed by atoms with E-state index in [1.807, 2.05) is 0 Å². The molecule has 0 amide bonds. The van der Waals surface area contributed by atoms with Crippen LogP contribution >= 0.6 is 23.1 Å². The van der Waals surface area contributed by atoms with Crippen molar-refractivity contribution in [2.24, 2.45) is 0 Å². The molecule has 2 aromatic rings. The molecule has 168 valence electrons. The average molecular weight is 479 g/mol. The van der Waals surface area contributed by atoms with Gasteiger partial charge in [0.05, 0.1) is 10.7 Å². The van der Waals surface area contributed by atoms with Crippen LogP contribution in [0.2, 0.25) is 5.02 Å². The molecule has 0 aliphatic carbocycles. The summed E-state index contributed by atoms with van der Waals surface area (Å²) in [5.74, 6) is -0.889. The lowest BCUT2D eigenvalue weighted by Crippen LogP contribution is -2.15. The topological polar surface area (TPSA) is 104 Å². The first-order chi connectivity index (χ1) is 14.4. The maximum absolute atomic E-state index is 14.4. The number of rotatable bonds is 15. The van der Waals surface area contributed by atoms with Crippen LogP contribution in [0.4, 0.5) is 15.2 Å². The molecule has 0 bridgehead atoms. The zero-order chi connectivity index (χ0) is 21.8. The van der Waals surface area contributed by atoms with Gasteiger partial charge in [0, 0.05) is 24.7 Å². The number of halogens is 2. The Balaban J connectivity index is 1.74. The molecule has 0 spiro atoms. The van der Waals surface area contributed by atoms with Crippen LogP contribution in [0.15, 0.2) is 23.4 Å². The number of benzene rings is 1. The molecule has 7 nitrogen and oxygen atoms in total. The van der Waals surface area contributed by atoms with E-state index in [1.54, 1.807) is 0 Å². The van der Waals surface area contributed by atoms with Crippen molar-refractivity contribution in [1.82, 2.24) is 9.36 Å². The minimum absolute atomic E-state index is 0.0536. The number of nitrogens with one attached hydrogen (secondary N) is 2. The lowest BCUT2D eigenvalue weighted by molar-refractivity contribution is 0.282. The summed E-state index contributed by atoms with van der Waals surface area (Å²) in [4.78, 5) is 3.19. The molecule has 30 heavy (non-hydrogen) atoms. The number of sulfonamides is 1. The van der Waals surface area contributed by atoms with E-state index in [-0.39, 0.29) is 16.8 Å². The van der Waals surface area contributed by atoms with Gasteiger partial charge in [-0.25, -0.2) is 17.8 Å². The second kappa shape index (κ2) is 13.0. The summed E-state index contributed by atoms with van der Waals surface area (Å²) < 4.78 is 45.0. The van der Waals surface area contributed by atoms with Crippen molar-refractivity contribution in [3.05, 3.63) is 29.3 Å². The van der Waals surface area contributed by atoms with Crippen LogP contribution in [0.5, 0.6) is 0 Å². The Morgan fingerprint density at radius 3 is 2.27 bits per heavy atom. The summed E-state index contributed by atoms with van der Waals surface area (Å²) in [7, 11) is -4.14. The summed E-state index contributed by atoms with van der Waals surface area (Å²) in [5, 5.41) is 12.0. The molecule has 3 N–H and O–H groups in total. The van der Waals surface area contributed by atoms with Crippen molar-refractivity contribution in [3.63, 3.8) is 0 Å². The minimum atomic E-state index is -4.14. The van der Waals surface area contributed by atoms with Gasteiger partial charge in [0.2, 0.25) is 5.13 Å². The fourth-order valence-corrected chi connectivity index (χ4v) is 5.00. The predicted octanol–water partition coefficient (Wildman–Crippen LogP) is 5.05. The highest BCUT2D eigenvalue weighted by atomic mass is 35.5. The van der Waals surface area contributed by atoms with Gasteiger partial charge in [-0.05, 0) is 25.0 Å². The Morgan fingerprint density at radius 2 is 1.67 bits per heavy atom. The van der Waals surface area contributed by atoms with Crippen LogP contribution in [0.1, 0.15) is 57.8 Å². The zero-order valence-corrected chi connectivity index (χ0v) is 19.1. The summed E-state index contributed by atoms with van der Waals surface area (Å²) >= 11 is 7.01. The Morgan fingerprint density at radius 1 is 1.03 bits per heavy atom. The van der Waals surface area contributed by atoms with Gasteiger partial charge in [-0.15, -0.1) is 0 Å². The van der Waals surface area contributed by atoms with Gasteiger partial charge in [-0.3, -0.25) is 4.72 Å². The molecule has 0 saturated heterocycles. The van der Waals surface area contributed by atoms with Crippen molar-refractivity contribution in [2.75, 3.05) is 23.2 Å². The number of nitrogens with zero attached hydrogens (tertiary/aromatic N) is 2. The second-order valence-electron chi connectivity index (χ2n) is 6.95. The standard InChI is InChI=1S/C19H28ClFN4O3S2/c20-15-12-18(30(27,28)25-19-23-14-24-29-19)16(21)13-17(15)22-10-8-6-4-2-1-3-5-7-9-11-26/h12-14,22,26H,1-11H2,(H,23,24,25). The fourth-order valence-electron chi connectivity index (χ4n) is 2.96. The molecule has 0 aliphatic heterocycles. The highest BCUT2D eigenvalue weighted by Gasteiger charge is 2.22. The van der Waals surface area contributed by atoms with Crippen molar-refractivity contribution in [3.8, 4) is 0 Å². The fraction of sp³-hybridized carbons (Fsp3) is 0.579. The number of aliphatic hydroxyl groups excluding tert-OH is 1. The molecule has 1 aromatic heterocycles. The van der Waals surface area contributed by atoms with Crippen LogP contribution in [-0.4, -0.2) is 36.0 Å². The van der Waals surface area contributed by atoms with Crippen LogP contribution in [0.25, 0.3) is 0 Å². The van der Waals surface area contributed by atoms with E-state index in [4.69, 9.17) is 16.7 Å². The third-order valence-corrected chi connectivity index (χ3v) is 6.92. The van der Waals surface area contributed by atoms with Crippen LogP contribution in [0.3, 0.4) is 0 Å². The molecule has 0 radical (unpaired) electrons. The first kappa shape index (κ1) is 24.8. The van der Waals surface area contributed by atoms with E-state index >= 15 is 0 Å². The Hall–Kier alpha value is -1.49. The highest BCUT2D eigenvalue weighted by molar-refractivity contribution is 7.93. The maximum atomic E-state index is 14.4. The Kier molecular flexibility index (Phi) is 10.8. The number of anilines is 2. The number of aromatic nitrogens is 2. The van der Waals surface area contributed by atoms with Gasteiger partial charge in [0.15, 0.2) is 0 Å². The monoisotopic (exact) mass is 478 g/mol. The molecule has 2 rings (SSSR count). The molecule has 1 heterocycles. The maximum Gasteiger partial charge on any atom is 0.266 e. The Labute approximate surface area is 186 Å². The number of aliphatic hydroxyl groups is 1. The van der Waals surface area contributed by atoms with Crippen molar-refractivity contribution >= 4 is 44.0 Å². The van der Waals surface area contributed by atoms with E-state index in [0.29, 0.717) is 12.2 Å². The summed E-state index contributed by atoms with van der Waals surface area (Å²) in [6.07, 6.45) is 11.1. The smallest absolute Gasteiger partial charge is 0.266 e. The largest absolute Gasteiger partial charge is 0.396 e.